The summed E-state index contributed by atoms with van der Waals surface area (Å²) in [6.45, 7) is 11.5. The number of amides is 1. The van der Waals surface area contributed by atoms with Gasteiger partial charge in [-0.15, -0.1) is 11.3 Å². The predicted octanol–water partition coefficient (Wildman–Crippen LogP) is 3.73. The van der Waals surface area contributed by atoms with E-state index in [1.54, 1.807) is 4.90 Å². The minimum atomic E-state index is -0.589. The Hall–Kier alpha value is -3.25. The highest BCUT2D eigenvalue weighted by Crippen LogP contribution is 2.31. The number of hydrogen-bond donors (Lipinski definition) is 0. The lowest BCUT2D eigenvalue weighted by atomic mass is 9.91. The Morgan fingerprint density at radius 2 is 1.83 bits per heavy atom. The first kappa shape index (κ1) is 24.9. The van der Waals surface area contributed by atoms with E-state index in [0.717, 1.165) is 34.4 Å². The van der Waals surface area contributed by atoms with E-state index in [1.165, 1.54) is 22.0 Å². The standard InChI is InChI=1S/C29H32N2O3S/c1-18-11-12-21(19(2)13-18)15-24-28(34)30(27(35-24)16-25(32)29(4,5)6)17-26(33)31-20(3)14-22-9-7-8-10-23(22)31/h7-13,15-16,20H,14,17H2,1-6H3/b24-15-,27-16-. The van der Waals surface area contributed by atoms with E-state index in [4.69, 9.17) is 0 Å². The first-order chi connectivity index (χ1) is 16.5. The number of carbonyl (C=O) groups excluding carboxylic acids is 2. The molecule has 0 radical (unpaired) electrons. The van der Waals surface area contributed by atoms with E-state index < -0.39 is 5.41 Å². The lowest BCUT2D eigenvalue weighted by Crippen LogP contribution is -2.43. The quantitative estimate of drug-likeness (QED) is 0.562. The van der Waals surface area contributed by atoms with Gasteiger partial charge in [0, 0.05) is 23.2 Å². The Labute approximate surface area is 210 Å². The van der Waals surface area contributed by atoms with Crippen molar-refractivity contribution in [3.8, 4) is 0 Å². The zero-order valence-electron chi connectivity index (χ0n) is 21.2. The van der Waals surface area contributed by atoms with Crippen molar-refractivity contribution in [2.24, 2.45) is 5.41 Å². The molecule has 0 fully saturated rings. The third-order valence-electron chi connectivity index (χ3n) is 6.41. The molecule has 5 nitrogen and oxygen atoms in total. The molecule has 1 aliphatic rings. The summed E-state index contributed by atoms with van der Waals surface area (Å²) in [7, 11) is 0. The van der Waals surface area contributed by atoms with Crippen LogP contribution in [0.5, 0.6) is 0 Å². The second-order valence-electron chi connectivity index (χ2n) is 10.4. The molecule has 0 N–H and O–H groups in total. The fourth-order valence-corrected chi connectivity index (χ4v) is 5.44. The molecule has 0 saturated carbocycles. The molecular weight excluding hydrogens is 456 g/mol. The average molecular weight is 489 g/mol. The number of nitrogens with zero attached hydrogens (tertiary/aromatic N) is 2. The number of benzene rings is 2. The molecule has 1 aliphatic heterocycles. The third kappa shape index (κ3) is 5.08. The second-order valence-corrected chi connectivity index (χ2v) is 11.5. The fourth-order valence-electron chi connectivity index (χ4n) is 4.41. The molecule has 0 bridgehead atoms. The molecule has 2 aromatic carbocycles. The third-order valence-corrected chi connectivity index (χ3v) is 7.47. The first-order valence-electron chi connectivity index (χ1n) is 11.9. The minimum Gasteiger partial charge on any atom is -0.307 e. The van der Waals surface area contributed by atoms with Gasteiger partial charge < -0.3 is 4.90 Å². The smallest absolute Gasteiger partial charge is 0.269 e. The maximum atomic E-state index is 13.5. The average Bonchev–Trinajstić information content (AvgIpc) is 3.25. The summed E-state index contributed by atoms with van der Waals surface area (Å²) < 4.78 is 2.46. The van der Waals surface area contributed by atoms with E-state index in [1.807, 2.05) is 84.0 Å². The van der Waals surface area contributed by atoms with Crippen molar-refractivity contribution in [3.05, 3.63) is 84.3 Å². The van der Waals surface area contributed by atoms with Crippen LogP contribution < -0.4 is 19.7 Å². The van der Waals surface area contributed by atoms with Crippen LogP contribution in [0.1, 0.15) is 49.9 Å². The molecule has 4 rings (SSSR count). The minimum absolute atomic E-state index is 0.0131. The highest BCUT2D eigenvalue weighted by molar-refractivity contribution is 7.07. The van der Waals surface area contributed by atoms with Crippen molar-refractivity contribution in [1.82, 2.24) is 4.57 Å². The number of para-hydroxylation sites is 1. The van der Waals surface area contributed by atoms with Crippen LogP contribution in [0.4, 0.5) is 5.69 Å². The topological polar surface area (TPSA) is 59.4 Å². The van der Waals surface area contributed by atoms with Crippen molar-refractivity contribution >= 4 is 40.9 Å². The zero-order valence-corrected chi connectivity index (χ0v) is 22.0. The van der Waals surface area contributed by atoms with Crippen LogP contribution in [0.2, 0.25) is 0 Å². The van der Waals surface area contributed by atoms with E-state index in [2.05, 4.69) is 6.07 Å². The van der Waals surface area contributed by atoms with Gasteiger partial charge >= 0.3 is 0 Å². The molecule has 0 saturated heterocycles. The Morgan fingerprint density at radius 3 is 2.51 bits per heavy atom. The first-order valence-corrected chi connectivity index (χ1v) is 12.7. The number of thiazole rings is 1. The molecule has 182 valence electrons. The summed E-state index contributed by atoms with van der Waals surface area (Å²) in [4.78, 5) is 41.6. The van der Waals surface area contributed by atoms with Crippen LogP contribution in [-0.4, -0.2) is 22.3 Å². The lowest BCUT2D eigenvalue weighted by molar-refractivity contribution is -0.120. The Bertz CT molecular complexity index is 1490. The van der Waals surface area contributed by atoms with Crippen LogP contribution in [0.25, 0.3) is 12.2 Å². The van der Waals surface area contributed by atoms with Crippen molar-refractivity contribution in [2.45, 2.75) is 60.5 Å². The molecule has 2 heterocycles. The van der Waals surface area contributed by atoms with Gasteiger partial charge in [-0.25, -0.2) is 0 Å². The van der Waals surface area contributed by atoms with E-state index >= 15 is 0 Å². The van der Waals surface area contributed by atoms with Gasteiger partial charge in [0.05, 0.1) is 4.53 Å². The number of anilines is 1. The van der Waals surface area contributed by atoms with E-state index in [0.29, 0.717) is 9.20 Å². The number of aryl methyl sites for hydroxylation is 2. The largest absolute Gasteiger partial charge is 0.307 e. The van der Waals surface area contributed by atoms with Crippen molar-refractivity contribution in [2.75, 3.05) is 4.90 Å². The van der Waals surface area contributed by atoms with E-state index in [9.17, 15) is 14.4 Å². The molecule has 0 spiro atoms. The second kappa shape index (κ2) is 9.42. The number of aromatic nitrogens is 1. The van der Waals surface area contributed by atoms with Gasteiger partial charge in [0.2, 0.25) is 5.91 Å². The number of ketones is 1. The fraction of sp³-hybridized carbons (Fsp3) is 0.345. The predicted molar refractivity (Wildman–Crippen MR) is 143 cm³/mol. The zero-order chi connectivity index (χ0) is 25.5. The number of carbonyl (C=O) groups is 2. The van der Waals surface area contributed by atoms with Gasteiger partial charge in [0.15, 0.2) is 5.78 Å². The summed E-state index contributed by atoms with van der Waals surface area (Å²) in [5.74, 6) is -0.240. The van der Waals surface area contributed by atoms with Gasteiger partial charge in [0.25, 0.3) is 5.56 Å². The van der Waals surface area contributed by atoms with Crippen molar-refractivity contribution in [3.63, 3.8) is 0 Å². The Morgan fingerprint density at radius 1 is 1.11 bits per heavy atom. The molecule has 0 aliphatic carbocycles. The SMILES string of the molecule is Cc1ccc(/C=c2\s/c(=C\C(=O)C(C)(C)C)n(CC(=O)N3c4ccccc4CC3C)c2=O)c(C)c1. The van der Waals surface area contributed by atoms with Gasteiger partial charge in [-0.05, 0) is 56.0 Å². The Kier molecular flexibility index (Phi) is 6.69. The normalized spacial score (nSPS) is 16.6. The number of hydrogen-bond acceptors (Lipinski definition) is 4. The summed E-state index contributed by atoms with van der Waals surface area (Å²) in [5, 5.41) is 0. The maximum Gasteiger partial charge on any atom is 0.269 e. The summed E-state index contributed by atoms with van der Waals surface area (Å²) in [6.07, 6.45) is 4.16. The summed E-state index contributed by atoms with van der Waals surface area (Å²) in [6, 6.07) is 14.0. The highest BCUT2D eigenvalue weighted by atomic mass is 32.1. The van der Waals surface area contributed by atoms with Gasteiger partial charge in [-0.1, -0.05) is 62.7 Å². The maximum absolute atomic E-state index is 13.5. The molecule has 1 unspecified atom stereocenters. The molecule has 6 heteroatoms. The number of fused-ring (bicyclic) bond motifs is 1. The van der Waals surface area contributed by atoms with E-state index in [-0.39, 0.29) is 29.8 Å². The lowest BCUT2D eigenvalue weighted by Gasteiger charge is -2.23. The molecule has 35 heavy (non-hydrogen) atoms. The summed E-state index contributed by atoms with van der Waals surface area (Å²) in [5.41, 5.74) is 4.35. The van der Waals surface area contributed by atoms with Crippen molar-refractivity contribution in [1.29, 1.82) is 0 Å². The van der Waals surface area contributed by atoms with Crippen LogP contribution >= 0.6 is 11.3 Å². The van der Waals surface area contributed by atoms with Gasteiger partial charge in [-0.2, -0.15) is 0 Å². The van der Waals surface area contributed by atoms with Crippen molar-refractivity contribution < 1.29 is 9.59 Å². The number of rotatable bonds is 4. The van der Waals surface area contributed by atoms with Crippen LogP contribution in [0, 0.1) is 19.3 Å². The Balaban J connectivity index is 1.82. The molecule has 1 atom stereocenters. The number of Topliss-reactive ketones (excluding diaryl/α,β-unsaturated/α-hetero) is 1. The molecular formula is C29H32N2O3S. The molecule has 3 aromatic rings. The highest BCUT2D eigenvalue weighted by Gasteiger charge is 2.31. The molecule has 1 aromatic heterocycles. The molecule has 1 amide bonds. The summed E-state index contributed by atoms with van der Waals surface area (Å²) >= 11 is 1.26. The van der Waals surface area contributed by atoms with Gasteiger partial charge in [-0.3, -0.25) is 19.0 Å². The van der Waals surface area contributed by atoms with Crippen LogP contribution in [-0.2, 0) is 22.6 Å². The van der Waals surface area contributed by atoms with Gasteiger partial charge in [0.1, 0.15) is 11.2 Å². The van der Waals surface area contributed by atoms with Crippen LogP contribution in [0.3, 0.4) is 0 Å². The van der Waals surface area contributed by atoms with Crippen LogP contribution in [0.15, 0.2) is 47.3 Å². The monoisotopic (exact) mass is 488 g/mol.